The molecule has 0 saturated carbocycles. The average molecular weight is 272 g/mol. The Morgan fingerprint density at radius 2 is 2.29 bits per heavy atom. The van der Waals surface area contributed by atoms with Gasteiger partial charge < -0.3 is 19.8 Å². The molecule has 0 radical (unpaired) electrons. The maximum atomic E-state index is 6.21. The first-order valence-electron chi connectivity index (χ1n) is 5.33. The standard InChI is InChI=1S/C10H11BClNO3S/c12-6-1-2-7-9-8(6)10(17,5-13)16-11(9)15-4-3-14-7/h1-2,17H,3-5,13H2. The average Bonchev–Trinajstić information content (AvgIpc) is 2.49. The molecule has 2 heterocycles. The fourth-order valence-electron chi connectivity index (χ4n) is 2.20. The van der Waals surface area contributed by atoms with Gasteiger partial charge in [0, 0.05) is 22.6 Å². The Balaban J connectivity index is 2.23. The molecule has 0 aliphatic carbocycles. The van der Waals surface area contributed by atoms with Crippen LogP contribution in [0.2, 0.25) is 5.02 Å². The second-order valence-electron chi connectivity index (χ2n) is 3.99. The van der Waals surface area contributed by atoms with Crippen LogP contribution in [0.15, 0.2) is 12.1 Å². The highest BCUT2D eigenvalue weighted by molar-refractivity contribution is 7.81. The molecule has 0 saturated heterocycles. The number of nitrogens with two attached hydrogens (primary N) is 1. The number of halogens is 1. The zero-order chi connectivity index (χ0) is 12.0. The van der Waals surface area contributed by atoms with Crippen LogP contribution < -0.4 is 15.9 Å². The van der Waals surface area contributed by atoms with Crippen molar-refractivity contribution in [3.8, 4) is 5.75 Å². The number of rotatable bonds is 1. The molecule has 0 spiro atoms. The van der Waals surface area contributed by atoms with E-state index in [-0.39, 0.29) is 6.54 Å². The first-order chi connectivity index (χ1) is 8.15. The first kappa shape index (κ1) is 11.7. The number of hydrogen-bond donors (Lipinski definition) is 2. The number of thiol groups is 1. The highest BCUT2D eigenvalue weighted by Gasteiger charge is 2.49. The maximum Gasteiger partial charge on any atom is 0.499 e. The van der Waals surface area contributed by atoms with Crippen molar-refractivity contribution in [3.63, 3.8) is 0 Å². The molecule has 17 heavy (non-hydrogen) atoms. The largest absolute Gasteiger partial charge is 0.499 e. The third-order valence-corrected chi connectivity index (χ3v) is 3.80. The molecule has 7 heteroatoms. The van der Waals surface area contributed by atoms with Gasteiger partial charge in [-0.2, -0.15) is 0 Å². The van der Waals surface area contributed by atoms with Gasteiger partial charge in [0.2, 0.25) is 0 Å². The summed E-state index contributed by atoms with van der Waals surface area (Å²) in [6.07, 6.45) is 0. The second-order valence-corrected chi connectivity index (χ2v) is 5.12. The molecule has 2 aliphatic heterocycles. The van der Waals surface area contributed by atoms with Gasteiger partial charge in [0.1, 0.15) is 17.3 Å². The number of hydrogen-bond acceptors (Lipinski definition) is 5. The summed E-state index contributed by atoms with van der Waals surface area (Å²) in [5.41, 5.74) is 7.30. The molecular formula is C10H11BClNO3S. The van der Waals surface area contributed by atoms with Crippen molar-refractivity contribution in [2.45, 2.75) is 4.93 Å². The van der Waals surface area contributed by atoms with E-state index in [1.165, 1.54) is 0 Å². The van der Waals surface area contributed by atoms with Gasteiger partial charge in [0.25, 0.3) is 0 Å². The molecule has 1 unspecified atom stereocenters. The lowest BCUT2D eigenvalue weighted by atomic mass is 9.78. The molecule has 1 atom stereocenters. The minimum absolute atomic E-state index is 0.214. The van der Waals surface area contributed by atoms with E-state index in [9.17, 15) is 0 Å². The first-order valence-corrected chi connectivity index (χ1v) is 6.16. The smallest absolute Gasteiger partial charge is 0.492 e. The van der Waals surface area contributed by atoms with E-state index >= 15 is 0 Å². The minimum atomic E-state index is -0.909. The van der Waals surface area contributed by atoms with Gasteiger partial charge >= 0.3 is 7.12 Å². The fraction of sp³-hybridized carbons (Fsp3) is 0.400. The Labute approximate surface area is 110 Å². The van der Waals surface area contributed by atoms with Gasteiger partial charge in [-0.05, 0) is 12.1 Å². The lowest BCUT2D eigenvalue weighted by molar-refractivity contribution is 0.128. The van der Waals surface area contributed by atoms with Crippen LogP contribution in [0.25, 0.3) is 0 Å². The normalized spacial score (nSPS) is 26.4. The summed E-state index contributed by atoms with van der Waals surface area (Å²) < 4.78 is 16.9. The van der Waals surface area contributed by atoms with Crippen molar-refractivity contribution in [1.82, 2.24) is 0 Å². The molecule has 2 N–H and O–H groups in total. The van der Waals surface area contributed by atoms with Gasteiger partial charge in [0.05, 0.1) is 6.61 Å². The predicted molar refractivity (Wildman–Crippen MR) is 69.1 cm³/mol. The number of benzene rings is 1. The van der Waals surface area contributed by atoms with Crippen LogP contribution in [0.4, 0.5) is 0 Å². The third kappa shape index (κ3) is 1.67. The molecule has 3 rings (SSSR count). The summed E-state index contributed by atoms with van der Waals surface area (Å²) in [7, 11) is -0.498. The van der Waals surface area contributed by atoms with Crippen LogP contribution in [0.1, 0.15) is 5.56 Å². The topological polar surface area (TPSA) is 53.7 Å². The molecule has 1 aromatic rings. The van der Waals surface area contributed by atoms with E-state index in [1.807, 2.05) is 6.07 Å². The molecule has 0 amide bonds. The maximum absolute atomic E-state index is 6.21. The predicted octanol–water partition coefficient (Wildman–Crippen LogP) is 0.516. The summed E-state index contributed by atoms with van der Waals surface area (Å²) in [4.78, 5) is -0.909. The Bertz CT molecular complexity index is 475. The molecule has 1 aromatic carbocycles. The molecular weight excluding hydrogens is 260 g/mol. The summed E-state index contributed by atoms with van der Waals surface area (Å²) in [5, 5.41) is 0.570. The van der Waals surface area contributed by atoms with E-state index in [4.69, 9.17) is 31.4 Å². The minimum Gasteiger partial charge on any atom is -0.492 e. The van der Waals surface area contributed by atoms with Crippen LogP contribution in [-0.2, 0) is 14.2 Å². The van der Waals surface area contributed by atoms with E-state index in [2.05, 4.69) is 12.6 Å². The van der Waals surface area contributed by atoms with E-state index in [0.29, 0.717) is 18.2 Å². The lowest BCUT2D eigenvalue weighted by Gasteiger charge is -2.24. The van der Waals surface area contributed by atoms with Crippen LogP contribution in [0, 0.1) is 0 Å². The number of ether oxygens (including phenoxy) is 1. The van der Waals surface area contributed by atoms with E-state index in [0.717, 1.165) is 16.8 Å². The quantitative estimate of drug-likeness (QED) is 0.577. The van der Waals surface area contributed by atoms with Gasteiger partial charge in [-0.3, -0.25) is 0 Å². The van der Waals surface area contributed by atoms with Crippen molar-refractivity contribution >= 4 is 36.8 Å². The molecule has 0 fully saturated rings. The fourth-order valence-corrected chi connectivity index (χ4v) is 2.92. The van der Waals surface area contributed by atoms with Gasteiger partial charge in [0.15, 0.2) is 0 Å². The summed E-state index contributed by atoms with van der Waals surface area (Å²) in [6, 6.07) is 3.59. The molecule has 2 aliphatic rings. The zero-order valence-corrected chi connectivity index (χ0v) is 10.6. The monoisotopic (exact) mass is 271 g/mol. The van der Waals surface area contributed by atoms with Crippen LogP contribution >= 0.6 is 24.2 Å². The van der Waals surface area contributed by atoms with Gasteiger partial charge in [-0.15, -0.1) is 12.6 Å². The SMILES string of the molecule is NCC1(S)OB2OCCOc3ccc(Cl)c1c32. The van der Waals surface area contributed by atoms with Gasteiger partial charge in [-0.25, -0.2) is 0 Å². The Hall–Kier alpha value is -0.395. The van der Waals surface area contributed by atoms with Crippen molar-refractivity contribution in [1.29, 1.82) is 0 Å². The second kappa shape index (κ2) is 4.07. The summed E-state index contributed by atoms with van der Waals surface area (Å²) in [5.74, 6) is 0.733. The summed E-state index contributed by atoms with van der Waals surface area (Å²) >= 11 is 10.7. The highest BCUT2D eigenvalue weighted by Crippen LogP contribution is 2.41. The Morgan fingerprint density at radius 3 is 3.06 bits per heavy atom. The van der Waals surface area contributed by atoms with Crippen LogP contribution in [0.5, 0.6) is 5.75 Å². The van der Waals surface area contributed by atoms with Crippen LogP contribution in [0.3, 0.4) is 0 Å². The van der Waals surface area contributed by atoms with E-state index < -0.39 is 12.1 Å². The van der Waals surface area contributed by atoms with E-state index in [1.54, 1.807) is 6.07 Å². The molecule has 0 aromatic heterocycles. The Morgan fingerprint density at radius 1 is 1.47 bits per heavy atom. The van der Waals surface area contributed by atoms with Crippen molar-refractivity contribution < 1.29 is 14.0 Å². The molecule has 90 valence electrons. The molecule has 0 bridgehead atoms. The van der Waals surface area contributed by atoms with Crippen LogP contribution in [-0.4, -0.2) is 26.9 Å². The van der Waals surface area contributed by atoms with Crippen molar-refractivity contribution in [2.75, 3.05) is 19.8 Å². The van der Waals surface area contributed by atoms with Crippen molar-refractivity contribution in [2.24, 2.45) is 5.73 Å². The van der Waals surface area contributed by atoms with Crippen molar-refractivity contribution in [3.05, 3.63) is 22.7 Å². The zero-order valence-electron chi connectivity index (χ0n) is 8.98. The summed E-state index contributed by atoms with van der Waals surface area (Å²) in [6.45, 7) is 1.17. The third-order valence-electron chi connectivity index (χ3n) is 2.97. The lowest BCUT2D eigenvalue weighted by Crippen LogP contribution is -2.34. The highest BCUT2D eigenvalue weighted by atomic mass is 35.5. The van der Waals surface area contributed by atoms with Gasteiger partial charge in [-0.1, -0.05) is 11.6 Å². The molecule has 4 nitrogen and oxygen atoms in total. The Kier molecular flexibility index (Phi) is 2.80.